The molecule has 1 saturated heterocycles. The summed E-state index contributed by atoms with van der Waals surface area (Å²) in [4.78, 5) is 12.3. The summed E-state index contributed by atoms with van der Waals surface area (Å²) in [6, 6.07) is 9.50. The molecule has 3 aromatic rings. The van der Waals surface area contributed by atoms with Crippen LogP contribution in [-0.2, 0) is 6.54 Å². The molecule has 0 atom stereocenters. The number of nitrogens with one attached hydrogen (secondary N) is 1. The molecule has 1 aliphatic heterocycles. The molecule has 0 radical (unpaired) electrons. The lowest BCUT2D eigenvalue weighted by atomic mass is 9.93. The number of fused-ring (bicyclic) bond motifs is 1. The van der Waals surface area contributed by atoms with Crippen LogP contribution in [-0.4, -0.2) is 50.3 Å². The van der Waals surface area contributed by atoms with Crippen molar-refractivity contribution in [1.82, 2.24) is 19.4 Å². The second-order valence-electron chi connectivity index (χ2n) is 11.0. The molecule has 0 bridgehead atoms. The minimum Gasteiger partial charge on any atom is -0.393 e. The Morgan fingerprint density at radius 1 is 0.943 bits per heavy atom. The topological polar surface area (TPSA) is 66.2 Å². The lowest BCUT2D eigenvalue weighted by molar-refractivity contribution is 0.111. The minimum atomic E-state index is -0.158. The predicted molar refractivity (Wildman–Crippen MR) is 141 cm³/mol. The number of anilines is 1. The number of aromatic nitrogens is 3. The van der Waals surface area contributed by atoms with E-state index < -0.39 is 0 Å². The third kappa shape index (κ3) is 5.39. The standard InChI is InChI=1S/C29H39N5O/c35-25-12-10-24(11-13-25)34-20-27(23-8-6-22(7-9-23)19-33-16-2-1-3-17-33)26-18-31-29(32-28(26)34)30-15-14-21-4-5-21/h6-9,18,20-21,24-25,35H,1-5,10-17,19H2,(H,30,31,32). The molecular weight excluding hydrogens is 434 g/mol. The fourth-order valence-electron chi connectivity index (χ4n) is 5.92. The van der Waals surface area contributed by atoms with Crippen LogP contribution in [0.1, 0.15) is 75.8 Å². The number of likely N-dealkylation sites (tertiary alicyclic amines) is 1. The molecule has 2 aromatic heterocycles. The van der Waals surface area contributed by atoms with Crippen LogP contribution in [0.25, 0.3) is 22.2 Å². The number of nitrogens with zero attached hydrogens (tertiary/aromatic N) is 4. The fraction of sp³-hybridized carbons (Fsp3) is 0.586. The summed E-state index contributed by atoms with van der Waals surface area (Å²) in [6.45, 7) is 4.43. The second kappa shape index (κ2) is 10.3. The first-order valence-electron chi connectivity index (χ1n) is 13.8. The number of hydrogen-bond acceptors (Lipinski definition) is 5. The molecule has 0 unspecified atom stereocenters. The van der Waals surface area contributed by atoms with Gasteiger partial charge in [-0.3, -0.25) is 4.90 Å². The zero-order chi connectivity index (χ0) is 23.6. The minimum absolute atomic E-state index is 0.158. The average molecular weight is 474 g/mol. The van der Waals surface area contributed by atoms with E-state index in [1.807, 2.05) is 6.20 Å². The molecular formula is C29H39N5O. The van der Waals surface area contributed by atoms with E-state index in [9.17, 15) is 5.11 Å². The van der Waals surface area contributed by atoms with Gasteiger partial charge >= 0.3 is 0 Å². The first-order chi connectivity index (χ1) is 17.2. The van der Waals surface area contributed by atoms with Crippen LogP contribution in [0.3, 0.4) is 0 Å². The quantitative estimate of drug-likeness (QED) is 0.435. The molecule has 6 rings (SSSR count). The van der Waals surface area contributed by atoms with E-state index in [1.54, 1.807) is 0 Å². The van der Waals surface area contributed by atoms with E-state index in [1.165, 1.54) is 68.3 Å². The fourth-order valence-corrected chi connectivity index (χ4v) is 5.92. The largest absolute Gasteiger partial charge is 0.393 e. The summed E-state index contributed by atoms with van der Waals surface area (Å²) >= 11 is 0. The van der Waals surface area contributed by atoms with Gasteiger partial charge in [0, 0.05) is 42.5 Å². The average Bonchev–Trinajstić information content (AvgIpc) is 3.64. The molecule has 0 spiro atoms. The number of benzene rings is 1. The van der Waals surface area contributed by atoms with Crippen molar-refractivity contribution in [3.05, 3.63) is 42.2 Å². The van der Waals surface area contributed by atoms with Crippen LogP contribution in [0, 0.1) is 5.92 Å². The summed E-state index contributed by atoms with van der Waals surface area (Å²) in [6.07, 6.45) is 15.8. The Morgan fingerprint density at radius 2 is 1.71 bits per heavy atom. The zero-order valence-electron chi connectivity index (χ0n) is 20.8. The van der Waals surface area contributed by atoms with Crippen LogP contribution in [0.5, 0.6) is 0 Å². The summed E-state index contributed by atoms with van der Waals surface area (Å²) in [5, 5.41) is 14.6. The molecule has 6 heteroatoms. The normalized spacial score (nSPS) is 23.6. The highest BCUT2D eigenvalue weighted by atomic mass is 16.3. The van der Waals surface area contributed by atoms with E-state index in [0.717, 1.165) is 61.7 Å². The zero-order valence-corrected chi connectivity index (χ0v) is 20.8. The Kier molecular flexibility index (Phi) is 6.75. The molecule has 2 N–H and O–H groups in total. The van der Waals surface area contributed by atoms with Crippen molar-refractivity contribution in [3.8, 4) is 11.1 Å². The monoisotopic (exact) mass is 473 g/mol. The highest BCUT2D eigenvalue weighted by Crippen LogP contribution is 2.37. The van der Waals surface area contributed by atoms with Crippen molar-refractivity contribution in [3.63, 3.8) is 0 Å². The van der Waals surface area contributed by atoms with Gasteiger partial charge in [-0.05, 0) is 75.1 Å². The number of piperidine rings is 1. The molecule has 3 fully saturated rings. The molecule has 2 aliphatic carbocycles. The molecule has 3 heterocycles. The Bertz CT molecular complexity index is 1120. The van der Waals surface area contributed by atoms with Crippen molar-refractivity contribution in [2.45, 2.75) is 82.9 Å². The number of rotatable bonds is 8. The first-order valence-corrected chi connectivity index (χ1v) is 13.8. The third-order valence-electron chi connectivity index (χ3n) is 8.28. The molecule has 35 heavy (non-hydrogen) atoms. The number of hydrogen-bond donors (Lipinski definition) is 2. The van der Waals surface area contributed by atoms with Crippen LogP contribution >= 0.6 is 0 Å². The molecule has 6 nitrogen and oxygen atoms in total. The van der Waals surface area contributed by atoms with Gasteiger partial charge in [-0.25, -0.2) is 4.98 Å². The van der Waals surface area contributed by atoms with Gasteiger partial charge in [-0.2, -0.15) is 4.98 Å². The highest BCUT2D eigenvalue weighted by molar-refractivity contribution is 5.94. The summed E-state index contributed by atoms with van der Waals surface area (Å²) in [5.41, 5.74) is 4.84. The summed E-state index contributed by atoms with van der Waals surface area (Å²) in [5.74, 6) is 1.63. The van der Waals surface area contributed by atoms with E-state index in [-0.39, 0.29) is 6.10 Å². The highest BCUT2D eigenvalue weighted by Gasteiger charge is 2.25. The Labute approximate surface area is 208 Å². The second-order valence-corrected chi connectivity index (χ2v) is 11.0. The van der Waals surface area contributed by atoms with Crippen LogP contribution in [0.4, 0.5) is 5.95 Å². The van der Waals surface area contributed by atoms with Crippen molar-refractivity contribution in [2.75, 3.05) is 25.0 Å². The van der Waals surface area contributed by atoms with Gasteiger partial charge in [0.05, 0.1) is 6.10 Å². The van der Waals surface area contributed by atoms with Gasteiger partial charge in [0.2, 0.25) is 5.95 Å². The predicted octanol–water partition coefficient (Wildman–Crippen LogP) is 5.77. The maximum absolute atomic E-state index is 10.1. The Balaban J connectivity index is 1.27. The third-order valence-corrected chi connectivity index (χ3v) is 8.28. The smallest absolute Gasteiger partial charge is 0.224 e. The van der Waals surface area contributed by atoms with Gasteiger partial charge in [0.15, 0.2) is 0 Å². The van der Waals surface area contributed by atoms with Gasteiger partial charge in [-0.1, -0.05) is 43.5 Å². The maximum Gasteiger partial charge on any atom is 0.224 e. The van der Waals surface area contributed by atoms with E-state index in [0.29, 0.717) is 6.04 Å². The van der Waals surface area contributed by atoms with E-state index in [4.69, 9.17) is 9.97 Å². The van der Waals surface area contributed by atoms with Crippen molar-refractivity contribution in [2.24, 2.45) is 5.92 Å². The number of aliphatic hydroxyl groups is 1. The maximum atomic E-state index is 10.1. The van der Waals surface area contributed by atoms with E-state index in [2.05, 4.69) is 45.2 Å². The van der Waals surface area contributed by atoms with E-state index >= 15 is 0 Å². The SMILES string of the molecule is OC1CCC(n2cc(-c3ccc(CN4CCCCC4)cc3)c3cnc(NCCC4CC4)nc32)CC1. The summed E-state index contributed by atoms with van der Waals surface area (Å²) < 4.78 is 2.37. The van der Waals surface area contributed by atoms with Gasteiger partial charge < -0.3 is 15.0 Å². The van der Waals surface area contributed by atoms with Gasteiger partial charge in [-0.15, -0.1) is 0 Å². The van der Waals surface area contributed by atoms with Gasteiger partial charge in [0.1, 0.15) is 5.65 Å². The van der Waals surface area contributed by atoms with Crippen LogP contribution in [0.2, 0.25) is 0 Å². The van der Waals surface area contributed by atoms with Crippen LogP contribution in [0.15, 0.2) is 36.7 Å². The van der Waals surface area contributed by atoms with Crippen molar-refractivity contribution in [1.29, 1.82) is 0 Å². The summed E-state index contributed by atoms with van der Waals surface area (Å²) in [7, 11) is 0. The lowest BCUT2D eigenvalue weighted by Gasteiger charge is -2.27. The van der Waals surface area contributed by atoms with Crippen molar-refractivity contribution >= 4 is 17.0 Å². The first kappa shape index (κ1) is 23.0. The van der Waals surface area contributed by atoms with Gasteiger partial charge in [0.25, 0.3) is 0 Å². The molecule has 0 amide bonds. The lowest BCUT2D eigenvalue weighted by Crippen LogP contribution is -2.28. The molecule has 186 valence electrons. The Morgan fingerprint density at radius 3 is 2.46 bits per heavy atom. The number of aliphatic hydroxyl groups excluding tert-OH is 1. The van der Waals surface area contributed by atoms with Crippen molar-refractivity contribution < 1.29 is 5.11 Å². The molecule has 1 aromatic carbocycles. The Hall–Kier alpha value is -2.44. The molecule has 3 aliphatic rings. The molecule has 2 saturated carbocycles. The van der Waals surface area contributed by atoms with Crippen LogP contribution < -0.4 is 5.32 Å².